The molecule has 1 aliphatic heterocycles. The molecule has 6 nitrogen and oxygen atoms in total. The molecule has 1 heterocycles. The average Bonchev–Trinajstić information content (AvgIpc) is 2.75. The van der Waals surface area contributed by atoms with Crippen molar-refractivity contribution in [1.82, 2.24) is 10.2 Å². The molecule has 1 atom stereocenters. The average molecular weight is 286 g/mol. The van der Waals surface area contributed by atoms with E-state index < -0.39 is 17.1 Å². The monoisotopic (exact) mass is 286 g/mol. The van der Waals surface area contributed by atoms with E-state index in [1.165, 1.54) is 4.90 Å². The molecule has 0 radical (unpaired) electrons. The summed E-state index contributed by atoms with van der Waals surface area (Å²) in [5.74, 6) is -0.208. The van der Waals surface area contributed by atoms with Crippen molar-refractivity contribution >= 4 is 12.1 Å². The Balaban J connectivity index is 2.30. The van der Waals surface area contributed by atoms with Crippen molar-refractivity contribution in [2.24, 2.45) is 5.41 Å². The summed E-state index contributed by atoms with van der Waals surface area (Å²) in [5.41, 5.74) is -0.963. The Hall–Kier alpha value is -1.30. The highest BCUT2D eigenvalue weighted by Crippen LogP contribution is 2.25. The number of hydrogen-bond acceptors (Lipinski definition) is 5. The van der Waals surface area contributed by atoms with Crippen LogP contribution in [0.1, 0.15) is 34.1 Å². The Kier molecular flexibility index (Phi) is 5.39. The molecule has 6 heteroatoms. The van der Waals surface area contributed by atoms with Gasteiger partial charge in [-0.15, -0.1) is 0 Å². The minimum absolute atomic E-state index is 0.185. The van der Waals surface area contributed by atoms with E-state index in [4.69, 9.17) is 9.47 Å². The normalized spacial score (nSPS) is 22.4. The molecule has 0 spiro atoms. The first-order valence-corrected chi connectivity index (χ1v) is 6.96. The van der Waals surface area contributed by atoms with E-state index in [0.717, 1.165) is 13.0 Å². The van der Waals surface area contributed by atoms with E-state index in [1.54, 1.807) is 7.05 Å². The van der Waals surface area contributed by atoms with Gasteiger partial charge < -0.3 is 19.7 Å². The molecule has 0 aromatic rings. The van der Waals surface area contributed by atoms with Gasteiger partial charge in [-0.3, -0.25) is 4.79 Å². The molecule has 20 heavy (non-hydrogen) atoms. The largest absolute Gasteiger partial charge is 0.463 e. The number of carbonyl (C=O) groups excluding carboxylic acids is 2. The quantitative estimate of drug-likeness (QED) is 0.791. The molecule has 0 aliphatic carbocycles. The summed E-state index contributed by atoms with van der Waals surface area (Å²) >= 11 is 0. The maximum Gasteiger partial charge on any atom is 0.410 e. The number of esters is 1. The molecule has 1 rings (SSSR count). The molecule has 0 aromatic carbocycles. The van der Waals surface area contributed by atoms with E-state index in [9.17, 15) is 9.59 Å². The van der Waals surface area contributed by atoms with Gasteiger partial charge in [0.1, 0.15) is 12.2 Å². The van der Waals surface area contributed by atoms with Gasteiger partial charge in [0.15, 0.2) is 0 Å². The van der Waals surface area contributed by atoms with Gasteiger partial charge in [0.05, 0.1) is 12.0 Å². The lowest BCUT2D eigenvalue weighted by Gasteiger charge is -2.25. The van der Waals surface area contributed by atoms with Crippen LogP contribution in [-0.2, 0) is 14.3 Å². The highest BCUT2D eigenvalue weighted by Gasteiger charge is 2.37. The predicted molar refractivity (Wildman–Crippen MR) is 75.4 cm³/mol. The van der Waals surface area contributed by atoms with E-state index in [-0.39, 0.29) is 12.6 Å². The third-order valence-electron chi connectivity index (χ3n) is 3.23. The molecule has 1 N–H and O–H groups in total. The Bertz CT molecular complexity index is 357. The topological polar surface area (TPSA) is 67.9 Å². The molecule has 1 unspecified atom stereocenters. The molecular weight excluding hydrogens is 260 g/mol. The minimum atomic E-state index is -0.523. The Morgan fingerprint density at radius 1 is 1.35 bits per heavy atom. The minimum Gasteiger partial charge on any atom is -0.463 e. The van der Waals surface area contributed by atoms with Crippen molar-refractivity contribution in [3.63, 3.8) is 0 Å². The first-order valence-electron chi connectivity index (χ1n) is 6.96. The van der Waals surface area contributed by atoms with Crippen LogP contribution in [-0.4, -0.2) is 55.9 Å². The van der Waals surface area contributed by atoms with Crippen LogP contribution in [0.25, 0.3) is 0 Å². The molecule has 1 amide bonds. The van der Waals surface area contributed by atoms with Crippen molar-refractivity contribution < 1.29 is 19.1 Å². The summed E-state index contributed by atoms with van der Waals surface area (Å²) in [6.45, 7) is 9.32. The number of carbonyl (C=O) groups is 2. The summed E-state index contributed by atoms with van der Waals surface area (Å²) in [4.78, 5) is 25.1. The van der Waals surface area contributed by atoms with E-state index in [2.05, 4.69) is 5.32 Å². The standard InChI is InChI=1S/C14H26N2O4/c1-13(2,3)20-12(18)16(5)8-9-19-11(17)14(4)6-7-15-10-14/h15H,6-10H2,1-5H3. The number of hydrogen-bond donors (Lipinski definition) is 1. The Morgan fingerprint density at radius 3 is 2.50 bits per heavy atom. The summed E-state index contributed by atoms with van der Waals surface area (Å²) in [6.07, 6.45) is 0.371. The van der Waals surface area contributed by atoms with Crippen LogP contribution in [0, 0.1) is 5.41 Å². The Labute approximate surface area is 120 Å². The van der Waals surface area contributed by atoms with Crippen LogP contribution < -0.4 is 5.32 Å². The van der Waals surface area contributed by atoms with Gasteiger partial charge in [-0.25, -0.2) is 4.79 Å². The number of nitrogens with zero attached hydrogens (tertiary/aromatic N) is 1. The lowest BCUT2D eigenvalue weighted by Crippen LogP contribution is -2.38. The lowest BCUT2D eigenvalue weighted by atomic mass is 9.90. The van der Waals surface area contributed by atoms with E-state index in [0.29, 0.717) is 13.1 Å². The lowest BCUT2D eigenvalue weighted by molar-refractivity contribution is -0.154. The molecular formula is C14H26N2O4. The van der Waals surface area contributed by atoms with Crippen molar-refractivity contribution in [3.8, 4) is 0 Å². The van der Waals surface area contributed by atoms with E-state index in [1.807, 2.05) is 27.7 Å². The van der Waals surface area contributed by atoms with Crippen LogP contribution in [0.5, 0.6) is 0 Å². The molecule has 0 saturated carbocycles. The van der Waals surface area contributed by atoms with Gasteiger partial charge in [0.2, 0.25) is 0 Å². The zero-order valence-electron chi connectivity index (χ0n) is 13.1. The van der Waals surface area contributed by atoms with Crippen LogP contribution in [0.3, 0.4) is 0 Å². The van der Waals surface area contributed by atoms with Crippen molar-refractivity contribution in [2.45, 2.75) is 39.7 Å². The SMILES string of the molecule is CN(CCOC(=O)C1(C)CCNC1)C(=O)OC(C)(C)C. The van der Waals surface area contributed by atoms with E-state index >= 15 is 0 Å². The maximum atomic E-state index is 12.0. The zero-order valence-corrected chi connectivity index (χ0v) is 13.1. The highest BCUT2D eigenvalue weighted by molar-refractivity contribution is 5.77. The number of ether oxygens (including phenoxy) is 2. The van der Waals surface area contributed by atoms with Crippen LogP contribution in [0.4, 0.5) is 4.79 Å². The first kappa shape index (κ1) is 16.8. The fourth-order valence-electron chi connectivity index (χ4n) is 1.87. The Morgan fingerprint density at radius 2 is 2.00 bits per heavy atom. The van der Waals surface area contributed by atoms with Crippen molar-refractivity contribution in [2.75, 3.05) is 33.3 Å². The first-order chi connectivity index (χ1) is 9.14. The van der Waals surface area contributed by atoms with Gasteiger partial charge in [-0.1, -0.05) is 0 Å². The van der Waals surface area contributed by atoms with Crippen molar-refractivity contribution in [3.05, 3.63) is 0 Å². The fourth-order valence-corrected chi connectivity index (χ4v) is 1.87. The molecule has 1 fully saturated rings. The van der Waals surface area contributed by atoms with Gasteiger partial charge in [0, 0.05) is 13.6 Å². The second-order valence-corrected chi connectivity index (χ2v) is 6.53. The molecule has 1 saturated heterocycles. The maximum absolute atomic E-state index is 12.0. The summed E-state index contributed by atoms with van der Waals surface area (Å²) in [5, 5.41) is 3.15. The van der Waals surface area contributed by atoms with Gasteiger partial charge in [0.25, 0.3) is 0 Å². The third kappa shape index (κ3) is 5.00. The van der Waals surface area contributed by atoms with Crippen LogP contribution in [0.15, 0.2) is 0 Å². The molecule has 116 valence electrons. The molecule has 0 aromatic heterocycles. The van der Waals surface area contributed by atoms with Crippen LogP contribution >= 0.6 is 0 Å². The molecule has 0 bridgehead atoms. The summed E-state index contributed by atoms with van der Waals surface area (Å²) in [6, 6.07) is 0. The predicted octanol–water partition coefficient (Wildman–Crippen LogP) is 1.40. The third-order valence-corrected chi connectivity index (χ3v) is 3.23. The van der Waals surface area contributed by atoms with Gasteiger partial charge >= 0.3 is 12.1 Å². The highest BCUT2D eigenvalue weighted by atomic mass is 16.6. The number of amides is 1. The van der Waals surface area contributed by atoms with Gasteiger partial charge in [-0.2, -0.15) is 0 Å². The fraction of sp³-hybridized carbons (Fsp3) is 0.857. The summed E-state index contributed by atoms with van der Waals surface area (Å²) < 4.78 is 10.5. The smallest absolute Gasteiger partial charge is 0.410 e. The number of nitrogens with one attached hydrogen (secondary N) is 1. The number of rotatable bonds is 4. The van der Waals surface area contributed by atoms with Crippen molar-refractivity contribution in [1.29, 1.82) is 0 Å². The zero-order chi connectivity index (χ0) is 15.4. The number of likely N-dealkylation sites (N-methyl/N-ethyl adjacent to an activating group) is 1. The second-order valence-electron chi connectivity index (χ2n) is 6.53. The van der Waals surface area contributed by atoms with Gasteiger partial charge in [-0.05, 0) is 40.7 Å². The molecule has 1 aliphatic rings. The van der Waals surface area contributed by atoms with Crippen LogP contribution in [0.2, 0.25) is 0 Å². The second kappa shape index (κ2) is 6.43. The summed E-state index contributed by atoms with van der Waals surface area (Å²) in [7, 11) is 1.63.